The Hall–Kier alpha value is -1.51. The topological polar surface area (TPSA) is 86.2 Å². The Balaban J connectivity index is 1.71. The van der Waals surface area contributed by atoms with Gasteiger partial charge in [-0.15, -0.1) is 0 Å². The molecule has 2 aliphatic rings. The molecular weight excluding hydrogens is 338 g/mol. The molecule has 1 amide bonds. The molecule has 4 unspecified atom stereocenters. The lowest BCUT2D eigenvalue weighted by Gasteiger charge is -2.47. The van der Waals surface area contributed by atoms with Gasteiger partial charge in [-0.05, 0) is 6.42 Å². The van der Waals surface area contributed by atoms with Crippen LogP contribution in [0.5, 0.6) is 0 Å². The largest absolute Gasteiger partial charge is 0.388 e. The molecule has 2 aliphatic heterocycles. The van der Waals surface area contributed by atoms with Gasteiger partial charge in [0, 0.05) is 19.1 Å². The van der Waals surface area contributed by atoms with Crippen LogP contribution in [-0.4, -0.2) is 54.9 Å². The Kier molecular flexibility index (Phi) is 6.61. The van der Waals surface area contributed by atoms with Gasteiger partial charge in [0.15, 0.2) is 12.6 Å². The number of aliphatic hydroxyl groups excluding tert-OH is 1. The number of hydrogen-bond donors (Lipinski definition) is 2. The Morgan fingerprint density at radius 3 is 2.77 bits per heavy atom. The van der Waals surface area contributed by atoms with Gasteiger partial charge in [0.2, 0.25) is 5.91 Å². The minimum Gasteiger partial charge on any atom is -0.388 e. The standard InChI is InChI=1S/C19H27NO6/c1-3-4-10-23-19-15(20-12(2)21)16(22)17-14(25-19)11-24-18(26-17)13-8-6-5-7-9-13/h5-9,14-19,22H,3-4,10-11H2,1-2H3,(H,20,21)/t14?,15?,16?,17-,18?,19+/m1/s1. The van der Waals surface area contributed by atoms with Crippen molar-refractivity contribution in [1.29, 1.82) is 0 Å². The van der Waals surface area contributed by atoms with Crippen molar-refractivity contribution in [2.45, 2.75) is 63.6 Å². The zero-order chi connectivity index (χ0) is 18.5. The highest BCUT2D eigenvalue weighted by atomic mass is 16.7. The number of aliphatic hydroxyl groups is 1. The molecule has 1 aromatic rings. The fourth-order valence-electron chi connectivity index (χ4n) is 3.25. The fraction of sp³-hybridized carbons (Fsp3) is 0.632. The Bertz CT molecular complexity index is 583. The second-order valence-electron chi connectivity index (χ2n) is 6.66. The molecule has 0 radical (unpaired) electrons. The summed E-state index contributed by atoms with van der Waals surface area (Å²) in [6.45, 7) is 4.24. The average molecular weight is 365 g/mol. The van der Waals surface area contributed by atoms with Crippen LogP contribution in [0, 0.1) is 0 Å². The van der Waals surface area contributed by atoms with Crippen molar-refractivity contribution in [3.8, 4) is 0 Å². The van der Waals surface area contributed by atoms with Crippen LogP contribution < -0.4 is 5.32 Å². The maximum atomic E-state index is 11.6. The molecule has 0 saturated carbocycles. The SMILES string of the molecule is CCCCO[C@H]1OC2COC(c3ccccc3)O[C@H]2C(O)C1NC(C)=O. The lowest BCUT2D eigenvalue weighted by molar-refractivity contribution is -0.344. The van der Waals surface area contributed by atoms with Crippen LogP contribution in [-0.2, 0) is 23.7 Å². The third kappa shape index (κ3) is 4.42. The van der Waals surface area contributed by atoms with Crippen molar-refractivity contribution in [2.75, 3.05) is 13.2 Å². The number of amides is 1. The van der Waals surface area contributed by atoms with Crippen molar-refractivity contribution >= 4 is 5.91 Å². The first-order valence-corrected chi connectivity index (χ1v) is 9.14. The van der Waals surface area contributed by atoms with E-state index in [1.165, 1.54) is 6.92 Å². The second kappa shape index (κ2) is 8.92. The van der Waals surface area contributed by atoms with E-state index in [0.29, 0.717) is 6.61 Å². The molecule has 3 rings (SSSR count). The van der Waals surface area contributed by atoms with Gasteiger partial charge >= 0.3 is 0 Å². The Morgan fingerprint density at radius 2 is 2.08 bits per heavy atom. The van der Waals surface area contributed by atoms with Gasteiger partial charge in [-0.2, -0.15) is 0 Å². The van der Waals surface area contributed by atoms with E-state index in [4.69, 9.17) is 18.9 Å². The molecule has 0 aromatic heterocycles. The lowest BCUT2D eigenvalue weighted by atomic mass is 9.95. The number of nitrogens with one attached hydrogen (secondary N) is 1. The molecule has 7 nitrogen and oxygen atoms in total. The number of hydrogen-bond acceptors (Lipinski definition) is 6. The molecule has 6 atom stereocenters. The third-order valence-corrected chi connectivity index (χ3v) is 4.59. The molecule has 1 aromatic carbocycles. The first-order chi connectivity index (χ1) is 12.6. The minimum absolute atomic E-state index is 0.258. The highest BCUT2D eigenvalue weighted by molar-refractivity contribution is 5.73. The van der Waals surface area contributed by atoms with Crippen molar-refractivity contribution in [1.82, 2.24) is 5.32 Å². The summed E-state index contributed by atoms with van der Waals surface area (Å²) in [6, 6.07) is 8.84. The Labute approximate surface area is 153 Å². The predicted molar refractivity (Wildman–Crippen MR) is 93.1 cm³/mol. The van der Waals surface area contributed by atoms with Crippen LogP contribution in [0.3, 0.4) is 0 Å². The van der Waals surface area contributed by atoms with Gasteiger partial charge in [0.1, 0.15) is 24.4 Å². The minimum atomic E-state index is -0.959. The van der Waals surface area contributed by atoms with Gasteiger partial charge in [-0.25, -0.2) is 0 Å². The zero-order valence-corrected chi connectivity index (χ0v) is 15.2. The molecular formula is C19H27NO6. The zero-order valence-electron chi connectivity index (χ0n) is 15.2. The number of ether oxygens (including phenoxy) is 4. The number of fused-ring (bicyclic) bond motifs is 1. The monoisotopic (exact) mass is 365 g/mol. The highest BCUT2D eigenvalue weighted by Crippen LogP contribution is 2.34. The molecule has 0 spiro atoms. The van der Waals surface area contributed by atoms with Crippen LogP contribution in [0.15, 0.2) is 30.3 Å². The summed E-state index contributed by atoms with van der Waals surface area (Å²) in [5.41, 5.74) is 0.871. The maximum Gasteiger partial charge on any atom is 0.217 e. The summed E-state index contributed by atoms with van der Waals surface area (Å²) in [5.74, 6) is -0.258. The first-order valence-electron chi connectivity index (χ1n) is 9.14. The fourth-order valence-corrected chi connectivity index (χ4v) is 3.25. The molecule has 144 valence electrons. The van der Waals surface area contributed by atoms with Crippen LogP contribution in [0.4, 0.5) is 0 Å². The maximum absolute atomic E-state index is 11.6. The molecule has 7 heteroatoms. The van der Waals surface area contributed by atoms with E-state index in [2.05, 4.69) is 12.2 Å². The number of carbonyl (C=O) groups is 1. The molecule has 2 fully saturated rings. The highest BCUT2D eigenvalue weighted by Gasteiger charge is 2.50. The third-order valence-electron chi connectivity index (χ3n) is 4.59. The predicted octanol–water partition coefficient (Wildman–Crippen LogP) is 1.51. The van der Waals surface area contributed by atoms with E-state index in [-0.39, 0.29) is 12.5 Å². The summed E-state index contributed by atoms with van der Waals surface area (Å²) in [4.78, 5) is 11.6. The van der Waals surface area contributed by atoms with E-state index < -0.39 is 36.9 Å². The van der Waals surface area contributed by atoms with Crippen LogP contribution in [0.2, 0.25) is 0 Å². The number of carbonyl (C=O) groups excluding carboxylic acids is 1. The van der Waals surface area contributed by atoms with Gasteiger partial charge in [-0.3, -0.25) is 4.79 Å². The summed E-state index contributed by atoms with van der Waals surface area (Å²) in [6.07, 6.45) is -1.48. The molecule has 2 saturated heterocycles. The number of rotatable bonds is 6. The summed E-state index contributed by atoms with van der Waals surface area (Å²) < 4.78 is 23.5. The van der Waals surface area contributed by atoms with Crippen molar-refractivity contribution in [2.24, 2.45) is 0 Å². The van der Waals surface area contributed by atoms with Crippen molar-refractivity contribution < 1.29 is 28.8 Å². The number of benzene rings is 1. The normalized spacial score (nSPS) is 34.1. The van der Waals surface area contributed by atoms with E-state index in [0.717, 1.165) is 18.4 Å². The van der Waals surface area contributed by atoms with Crippen LogP contribution in [0.25, 0.3) is 0 Å². The first kappa shape index (κ1) is 19.3. The van der Waals surface area contributed by atoms with Gasteiger partial charge in [0.25, 0.3) is 0 Å². The van der Waals surface area contributed by atoms with Gasteiger partial charge < -0.3 is 29.4 Å². The quantitative estimate of drug-likeness (QED) is 0.743. The Morgan fingerprint density at radius 1 is 1.31 bits per heavy atom. The molecule has 2 N–H and O–H groups in total. The summed E-state index contributed by atoms with van der Waals surface area (Å²) >= 11 is 0. The lowest BCUT2D eigenvalue weighted by Crippen LogP contribution is -2.66. The summed E-state index contributed by atoms with van der Waals surface area (Å²) in [5, 5.41) is 13.6. The van der Waals surface area contributed by atoms with Crippen LogP contribution in [0.1, 0.15) is 38.5 Å². The molecule has 0 aliphatic carbocycles. The molecule has 0 bridgehead atoms. The van der Waals surface area contributed by atoms with E-state index in [9.17, 15) is 9.90 Å². The van der Waals surface area contributed by atoms with Crippen LogP contribution >= 0.6 is 0 Å². The van der Waals surface area contributed by atoms with Gasteiger partial charge in [0.05, 0.1) is 6.61 Å². The average Bonchev–Trinajstić information content (AvgIpc) is 2.65. The van der Waals surface area contributed by atoms with E-state index in [1.54, 1.807) is 0 Å². The summed E-state index contributed by atoms with van der Waals surface area (Å²) in [7, 11) is 0. The van der Waals surface area contributed by atoms with Crippen molar-refractivity contribution in [3.63, 3.8) is 0 Å². The van der Waals surface area contributed by atoms with Crippen molar-refractivity contribution in [3.05, 3.63) is 35.9 Å². The molecule has 2 heterocycles. The number of unbranched alkanes of at least 4 members (excludes halogenated alkanes) is 1. The second-order valence-corrected chi connectivity index (χ2v) is 6.66. The molecule has 26 heavy (non-hydrogen) atoms. The van der Waals surface area contributed by atoms with E-state index >= 15 is 0 Å². The smallest absolute Gasteiger partial charge is 0.217 e. The van der Waals surface area contributed by atoms with E-state index in [1.807, 2.05) is 30.3 Å². The van der Waals surface area contributed by atoms with Gasteiger partial charge in [-0.1, -0.05) is 43.7 Å².